The fourth-order valence-electron chi connectivity index (χ4n) is 2.26. The molecular formula is C14H23N5O2. The summed E-state index contributed by atoms with van der Waals surface area (Å²) in [5.74, 6) is 0.248. The van der Waals surface area contributed by atoms with E-state index in [0.717, 1.165) is 45.0 Å². The van der Waals surface area contributed by atoms with Crippen LogP contribution >= 0.6 is 0 Å². The van der Waals surface area contributed by atoms with E-state index in [1.54, 1.807) is 0 Å². The molecular weight excluding hydrogens is 270 g/mol. The van der Waals surface area contributed by atoms with E-state index in [4.69, 9.17) is 0 Å². The average molecular weight is 293 g/mol. The van der Waals surface area contributed by atoms with Crippen LogP contribution in [0.3, 0.4) is 0 Å². The van der Waals surface area contributed by atoms with Crippen LogP contribution in [-0.4, -0.2) is 79.2 Å². The number of hydrogen-bond donors (Lipinski definition) is 1. The standard InChI is InChI=1S/C14H23N5O2/c1-11-10-12(17-13(16-11)14(20)21-3)15-4-5-19-8-6-18(2)7-9-19/h10H,4-9H2,1-3H3,(H,15,16,17). The monoisotopic (exact) mass is 293 g/mol. The van der Waals surface area contributed by atoms with Gasteiger partial charge in [-0.25, -0.2) is 14.8 Å². The molecule has 21 heavy (non-hydrogen) atoms. The number of anilines is 1. The molecule has 1 saturated heterocycles. The predicted molar refractivity (Wildman–Crippen MR) is 80.5 cm³/mol. The number of nitrogens with one attached hydrogen (secondary N) is 1. The van der Waals surface area contributed by atoms with Gasteiger partial charge in [-0.15, -0.1) is 0 Å². The summed E-state index contributed by atoms with van der Waals surface area (Å²) in [6.45, 7) is 7.99. The molecule has 0 bridgehead atoms. The molecule has 1 fully saturated rings. The molecule has 0 aliphatic carbocycles. The first kappa shape index (κ1) is 15.7. The third kappa shape index (κ3) is 4.64. The van der Waals surface area contributed by atoms with Crippen LogP contribution in [0.15, 0.2) is 6.07 Å². The Hall–Kier alpha value is -1.73. The minimum atomic E-state index is -0.513. The van der Waals surface area contributed by atoms with Gasteiger partial charge in [0.25, 0.3) is 0 Å². The molecule has 0 radical (unpaired) electrons. The number of nitrogens with zero attached hydrogens (tertiary/aromatic N) is 4. The van der Waals surface area contributed by atoms with Crippen molar-refractivity contribution in [3.8, 4) is 0 Å². The van der Waals surface area contributed by atoms with Gasteiger partial charge in [0.15, 0.2) is 0 Å². The van der Waals surface area contributed by atoms with Crippen LogP contribution in [0.4, 0.5) is 5.82 Å². The number of esters is 1. The largest absolute Gasteiger partial charge is 0.463 e. The van der Waals surface area contributed by atoms with Crippen molar-refractivity contribution in [1.82, 2.24) is 19.8 Å². The number of ether oxygens (including phenoxy) is 1. The van der Waals surface area contributed by atoms with E-state index in [9.17, 15) is 4.79 Å². The second-order valence-corrected chi connectivity index (χ2v) is 5.28. The van der Waals surface area contributed by atoms with Gasteiger partial charge in [-0.3, -0.25) is 4.90 Å². The molecule has 0 atom stereocenters. The first-order valence-electron chi connectivity index (χ1n) is 7.17. The maximum atomic E-state index is 11.5. The number of carbonyl (C=O) groups excluding carboxylic acids is 1. The average Bonchev–Trinajstić information content (AvgIpc) is 2.48. The topological polar surface area (TPSA) is 70.6 Å². The molecule has 1 aliphatic rings. The van der Waals surface area contributed by atoms with Gasteiger partial charge in [0.2, 0.25) is 5.82 Å². The molecule has 2 rings (SSSR count). The lowest BCUT2D eigenvalue weighted by atomic mass is 10.3. The Morgan fingerprint density at radius 2 is 2.05 bits per heavy atom. The molecule has 1 aromatic rings. The summed E-state index contributed by atoms with van der Waals surface area (Å²) in [5, 5.41) is 3.25. The quantitative estimate of drug-likeness (QED) is 0.779. The lowest BCUT2D eigenvalue weighted by Crippen LogP contribution is -2.45. The molecule has 0 aromatic carbocycles. The molecule has 0 spiro atoms. The number of rotatable bonds is 5. The van der Waals surface area contributed by atoms with Gasteiger partial charge in [0, 0.05) is 51.0 Å². The summed E-state index contributed by atoms with van der Waals surface area (Å²) in [4.78, 5) is 24.5. The van der Waals surface area contributed by atoms with Gasteiger partial charge in [-0.1, -0.05) is 0 Å². The van der Waals surface area contributed by atoms with E-state index >= 15 is 0 Å². The summed E-state index contributed by atoms with van der Waals surface area (Å²) >= 11 is 0. The van der Waals surface area contributed by atoms with Crippen LogP contribution < -0.4 is 5.32 Å². The summed E-state index contributed by atoms with van der Waals surface area (Å²) in [6, 6.07) is 1.83. The maximum absolute atomic E-state index is 11.5. The van der Waals surface area contributed by atoms with Crippen molar-refractivity contribution in [1.29, 1.82) is 0 Å². The zero-order valence-electron chi connectivity index (χ0n) is 12.9. The molecule has 0 amide bonds. The summed E-state index contributed by atoms with van der Waals surface area (Å²) in [6.07, 6.45) is 0. The van der Waals surface area contributed by atoms with Crippen molar-refractivity contribution in [2.75, 3.05) is 58.7 Å². The molecule has 2 heterocycles. The Kier molecular flexibility index (Phi) is 5.46. The van der Waals surface area contributed by atoms with E-state index in [0.29, 0.717) is 5.82 Å². The predicted octanol–water partition coefficient (Wildman–Crippen LogP) is 0.231. The molecule has 0 saturated carbocycles. The van der Waals surface area contributed by atoms with Gasteiger partial charge in [0.1, 0.15) is 5.82 Å². The minimum absolute atomic E-state index is 0.0968. The molecule has 1 N–H and O–H groups in total. The first-order valence-corrected chi connectivity index (χ1v) is 7.17. The van der Waals surface area contributed by atoms with Gasteiger partial charge in [-0.05, 0) is 14.0 Å². The lowest BCUT2D eigenvalue weighted by Gasteiger charge is -2.32. The zero-order valence-corrected chi connectivity index (χ0v) is 12.9. The summed E-state index contributed by atoms with van der Waals surface area (Å²) in [5.41, 5.74) is 0.743. The van der Waals surface area contributed by atoms with Crippen LogP contribution in [0, 0.1) is 6.92 Å². The second-order valence-electron chi connectivity index (χ2n) is 5.28. The molecule has 0 unspecified atom stereocenters. The first-order chi connectivity index (χ1) is 10.1. The number of aryl methyl sites for hydroxylation is 1. The third-order valence-corrected chi connectivity index (χ3v) is 3.55. The highest BCUT2D eigenvalue weighted by Gasteiger charge is 2.14. The smallest absolute Gasteiger partial charge is 0.376 e. The van der Waals surface area contributed by atoms with Crippen molar-refractivity contribution in [3.05, 3.63) is 17.6 Å². The van der Waals surface area contributed by atoms with Crippen molar-refractivity contribution in [2.24, 2.45) is 0 Å². The molecule has 7 nitrogen and oxygen atoms in total. The number of aromatic nitrogens is 2. The normalized spacial score (nSPS) is 16.7. The fraction of sp³-hybridized carbons (Fsp3) is 0.643. The number of carbonyl (C=O) groups is 1. The van der Waals surface area contributed by atoms with E-state index in [1.165, 1.54) is 7.11 Å². The maximum Gasteiger partial charge on any atom is 0.376 e. The van der Waals surface area contributed by atoms with Gasteiger partial charge < -0.3 is 15.0 Å². The van der Waals surface area contributed by atoms with Crippen LogP contribution in [0.25, 0.3) is 0 Å². The van der Waals surface area contributed by atoms with Crippen molar-refractivity contribution in [3.63, 3.8) is 0 Å². The van der Waals surface area contributed by atoms with Gasteiger partial charge >= 0.3 is 5.97 Å². The lowest BCUT2D eigenvalue weighted by molar-refractivity contribution is 0.0586. The minimum Gasteiger partial charge on any atom is -0.463 e. The van der Waals surface area contributed by atoms with E-state index in [1.807, 2.05) is 13.0 Å². The molecule has 116 valence electrons. The number of likely N-dealkylation sites (N-methyl/N-ethyl adjacent to an activating group) is 1. The summed E-state index contributed by atoms with van der Waals surface area (Å²) < 4.78 is 4.65. The molecule has 1 aliphatic heterocycles. The number of piperazine rings is 1. The second kappa shape index (κ2) is 7.33. The van der Waals surface area contributed by atoms with Crippen LogP contribution in [0.1, 0.15) is 16.3 Å². The highest BCUT2D eigenvalue weighted by Crippen LogP contribution is 2.07. The Morgan fingerprint density at radius 3 is 2.71 bits per heavy atom. The van der Waals surface area contributed by atoms with Crippen LogP contribution in [0.5, 0.6) is 0 Å². The van der Waals surface area contributed by atoms with Crippen molar-refractivity contribution < 1.29 is 9.53 Å². The highest BCUT2D eigenvalue weighted by molar-refractivity contribution is 5.85. The van der Waals surface area contributed by atoms with E-state index in [-0.39, 0.29) is 5.82 Å². The SMILES string of the molecule is COC(=O)c1nc(C)cc(NCCN2CCN(C)CC2)n1. The highest BCUT2D eigenvalue weighted by atomic mass is 16.5. The Morgan fingerprint density at radius 1 is 1.33 bits per heavy atom. The van der Waals surface area contributed by atoms with Crippen molar-refractivity contribution in [2.45, 2.75) is 6.92 Å². The zero-order chi connectivity index (χ0) is 15.2. The Labute approximate surface area is 125 Å². The van der Waals surface area contributed by atoms with Crippen LogP contribution in [-0.2, 0) is 4.74 Å². The summed E-state index contributed by atoms with van der Waals surface area (Å²) in [7, 11) is 3.47. The molecule has 1 aromatic heterocycles. The Balaban J connectivity index is 1.85. The van der Waals surface area contributed by atoms with Crippen LogP contribution in [0.2, 0.25) is 0 Å². The fourth-order valence-corrected chi connectivity index (χ4v) is 2.26. The number of hydrogen-bond acceptors (Lipinski definition) is 7. The van der Waals surface area contributed by atoms with E-state index < -0.39 is 5.97 Å². The van der Waals surface area contributed by atoms with Gasteiger partial charge in [-0.2, -0.15) is 0 Å². The third-order valence-electron chi connectivity index (χ3n) is 3.55. The Bertz CT molecular complexity index is 486. The van der Waals surface area contributed by atoms with Crippen molar-refractivity contribution >= 4 is 11.8 Å². The number of methoxy groups -OCH3 is 1. The molecule has 7 heteroatoms. The van der Waals surface area contributed by atoms with Gasteiger partial charge in [0.05, 0.1) is 7.11 Å². The van der Waals surface area contributed by atoms with E-state index in [2.05, 4.69) is 36.9 Å².